The normalized spacial score (nSPS) is 23.1. The molecule has 1 N–H and O–H groups in total. The number of nitrogens with one attached hydrogen (secondary N) is 1. The van der Waals surface area contributed by atoms with Gasteiger partial charge in [-0.2, -0.15) is 0 Å². The van der Waals surface area contributed by atoms with Crippen molar-refractivity contribution < 1.29 is 14.4 Å². The number of amides is 3. The largest absolute Gasteiger partial charge is 0.343 e. The fourth-order valence-electron chi connectivity index (χ4n) is 4.21. The minimum atomic E-state index is -0.448. The highest BCUT2D eigenvalue weighted by atomic mass is 35.5. The fraction of sp³-hybridized carbons (Fsp3) is 0.571. The monoisotopic (exact) mass is 450 g/mol. The number of likely N-dealkylation sites (tertiary alicyclic amines) is 1. The molecule has 1 unspecified atom stereocenters. The van der Waals surface area contributed by atoms with Crippen molar-refractivity contribution in [3.8, 4) is 0 Å². The predicted octanol–water partition coefficient (Wildman–Crippen LogP) is 2.16. The van der Waals surface area contributed by atoms with Crippen LogP contribution in [0.4, 0.5) is 5.69 Å². The maximum Gasteiger partial charge on any atom is 0.238 e. The molecule has 3 aliphatic heterocycles. The van der Waals surface area contributed by atoms with Gasteiger partial charge in [0, 0.05) is 61.5 Å². The molecule has 0 bridgehead atoms. The molecule has 0 aliphatic carbocycles. The molecule has 162 valence electrons. The Kier molecular flexibility index (Phi) is 6.55. The van der Waals surface area contributed by atoms with Gasteiger partial charge < -0.3 is 20.0 Å². The van der Waals surface area contributed by atoms with Gasteiger partial charge in [-0.25, -0.2) is 0 Å². The summed E-state index contributed by atoms with van der Waals surface area (Å²) in [6.45, 7) is 4.56. The van der Waals surface area contributed by atoms with E-state index < -0.39 is 5.25 Å². The van der Waals surface area contributed by atoms with Crippen LogP contribution in [0.5, 0.6) is 0 Å². The van der Waals surface area contributed by atoms with Crippen LogP contribution in [0.1, 0.15) is 19.3 Å². The Bertz CT molecular complexity index is 836. The molecule has 1 atom stereocenters. The zero-order chi connectivity index (χ0) is 21.3. The highest BCUT2D eigenvalue weighted by molar-refractivity contribution is 8.01. The second-order valence-electron chi connectivity index (χ2n) is 8.22. The number of fused-ring (bicyclic) bond motifs is 1. The van der Waals surface area contributed by atoms with E-state index in [1.54, 1.807) is 17.0 Å². The lowest BCUT2D eigenvalue weighted by Crippen LogP contribution is -2.51. The lowest BCUT2D eigenvalue weighted by molar-refractivity contribution is -0.142. The van der Waals surface area contributed by atoms with Crippen LogP contribution in [0, 0.1) is 5.92 Å². The standard InChI is InChI=1S/C21H27ClN4O3S/c1-24-8-10-26(11-9-24)21(29)14-4-6-25(7-5-14)19(27)13-18-20(28)23-16-12-15(22)2-3-17(16)30-18/h2-3,12,14,18H,4-11,13H2,1H3,(H,23,28). The van der Waals surface area contributed by atoms with Gasteiger partial charge in [-0.05, 0) is 38.1 Å². The van der Waals surface area contributed by atoms with Crippen LogP contribution in [0.25, 0.3) is 0 Å². The average Bonchev–Trinajstić information content (AvgIpc) is 2.74. The molecule has 9 heteroatoms. The summed E-state index contributed by atoms with van der Waals surface area (Å²) in [4.78, 5) is 44.9. The Morgan fingerprint density at radius 2 is 1.80 bits per heavy atom. The third kappa shape index (κ3) is 4.76. The summed E-state index contributed by atoms with van der Waals surface area (Å²) in [6, 6.07) is 5.38. The van der Waals surface area contributed by atoms with Crippen LogP contribution < -0.4 is 5.32 Å². The molecule has 7 nitrogen and oxygen atoms in total. The van der Waals surface area contributed by atoms with Crippen LogP contribution in [0.15, 0.2) is 23.1 Å². The molecule has 30 heavy (non-hydrogen) atoms. The zero-order valence-corrected chi connectivity index (χ0v) is 18.7. The second-order valence-corrected chi connectivity index (χ2v) is 9.90. The maximum atomic E-state index is 12.8. The highest BCUT2D eigenvalue weighted by Crippen LogP contribution is 2.38. The number of carbonyl (C=O) groups excluding carboxylic acids is 3. The number of benzene rings is 1. The highest BCUT2D eigenvalue weighted by Gasteiger charge is 2.34. The van der Waals surface area contributed by atoms with Crippen LogP contribution >= 0.6 is 23.4 Å². The van der Waals surface area contributed by atoms with E-state index in [9.17, 15) is 14.4 Å². The number of hydrogen-bond acceptors (Lipinski definition) is 5. The van der Waals surface area contributed by atoms with Crippen molar-refractivity contribution in [3.63, 3.8) is 0 Å². The van der Waals surface area contributed by atoms with Gasteiger partial charge in [-0.1, -0.05) is 11.6 Å². The number of piperidine rings is 1. The summed E-state index contributed by atoms with van der Waals surface area (Å²) < 4.78 is 0. The van der Waals surface area contributed by atoms with Gasteiger partial charge in [-0.3, -0.25) is 14.4 Å². The molecule has 0 spiro atoms. The number of halogens is 1. The van der Waals surface area contributed by atoms with Gasteiger partial charge in [0.1, 0.15) is 0 Å². The Morgan fingerprint density at radius 1 is 1.10 bits per heavy atom. The van der Waals surface area contributed by atoms with Crippen LogP contribution in [-0.2, 0) is 14.4 Å². The second kappa shape index (κ2) is 9.16. The first-order valence-corrected chi connectivity index (χ1v) is 11.7. The van der Waals surface area contributed by atoms with Crippen molar-refractivity contribution in [2.75, 3.05) is 51.6 Å². The summed E-state index contributed by atoms with van der Waals surface area (Å²) in [5.41, 5.74) is 0.699. The molecule has 1 aromatic rings. The van der Waals surface area contributed by atoms with Gasteiger partial charge >= 0.3 is 0 Å². The number of hydrogen-bond donors (Lipinski definition) is 1. The topological polar surface area (TPSA) is 73.0 Å². The van der Waals surface area contributed by atoms with Crippen molar-refractivity contribution in [3.05, 3.63) is 23.2 Å². The first-order chi connectivity index (χ1) is 14.4. The molecule has 3 heterocycles. The molecule has 2 fully saturated rings. The first-order valence-electron chi connectivity index (χ1n) is 10.4. The van der Waals surface area contributed by atoms with Crippen molar-refractivity contribution >= 4 is 46.8 Å². The van der Waals surface area contributed by atoms with E-state index in [4.69, 9.17) is 11.6 Å². The van der Waals surface area contributed by atoms with Crippen LogP contribution in [0.2, 0.25) is 5.02 Å². The Hall–Kier alpha value is -1.77. The molecule has 3 aliphatic rings. The SMILES string of the molecule is CN1CCN(C(=O)C2CCN(C(=O)CC3Sc4ccc(Cl)cc4NC3=O)CC2)CC1. The Morgan fingerprint density at radius 3 is 2.50 bits per heavy atom. The summed E-state index contributed by atoms with van der Waals surface area (Å²) in [6.07, 6.45) is 1.56. The number of piperazine rings is 1. The lowest BCUT2D eigenvalue weighted by Gasteiger charge is -2.37. The van der Waals surface area contributed by atoms with E-state index >= 15 is 0 Å². The van der Waals surface area contributed by atoms with Gasteiger partial charge in [0.25, 0.3) is 0 Å². The van der Waals surface area contributed by atoms with Gasteiger partial charge in [-0.15, -0.1) is 11.8 Å². The van der Waals surface area contributed by atoms with Crippen LogP contribution in [0.3, 0.4) is 0 Å². The maximum absolute atomic E-state index is 12.8. The van der Waals surface area contributed by atoms with E-state index in [0.717, 1.165) is 31.1 Å². The third-order valence-electron chi connectivity index (χ3n) is 6.13. The summed E-state index contributed by atoms with van der Waals surface area (Å²) in [5.74, 6) is 0.0444. The zero-order valence-electron chi connectivity index (χ0n) is 17.1. The molecule has 0 radical (unpaired) electrons. The van der Waals surface area contributed by atoms with E-state index in [0.29, 0.717) is 36.6 Å². The van der Waals surface area contributed by atoms with E-state index in [2.05, 4.69) is 17.3 Å². The molecule has 4 rings (SSSR count). The minimum absolute atomic E-state index is 0.00133. The summed E-state index contributed by atoms with van der Waals surface area (Å²) in [5, 5.41) is 2.97. The van der Waals surface area contributed by atoms with Gasteiger partial charge in [0.05, 0.1) is 10.9 Å². The summed E-state index contributed by atoms with van der Waals surface area (Å²) >= 11 is 7.39. The first kappa shape index (κ1) is 21.5. The quantitative estimate of drug-likeness (QED) is 0.764. The van der Waals surface area contributed by atoms with E-state index in [1.165, 1.54) is 11.8 Å². The molecular formula is C21H27ClN4O3S. The lowest BCUT2D eigenvalue weighted by atomic mass is 9.94. The van der Waals surface area contributed by atoms with Crippen molar-refractivity contribution in [1.82, 2.24) is 14.7 Å². The Labute approximate surface area is 186 Å². The fourth-order valence-corrected chi connectivity index (χ4v) is 5.46. The molecule has 2 saturated heterocycles. The number of rotatable bonds is 3. The minimum Gasteiger partial charge on any atom is -0.343 e. The predicted molar refractivity (Wildman–Crippen MR) is 118 cm³/mol. The number of thioether (sulfide) groups is 1. The van der Waals surface area contributed by atoms with Crippen LogP contribution in [-0.4, -0.2) is 84.0 Å². The average molecular weight is 451 g/mol. The van der Waals surface area contributed by atoms with Crippen molar-refractivity contribution in [2.24, 2.45) is 5.92 Å². The molecule has 1 aromatic carbocycles. The molecule has 3 amide bonds. The summed E-state index contributed by atoms with van der Waals surface area (Å²) in [7, 11) is 2.07. The number of likely N-dealkylation sites (N-methyl/N-ethyl adjacent to an activating group) is 1. The van der Waals surface area contributed by atoms with Gasteiger partial charge in [0.2, 0.25) is 17.7 Å². The molecule has 0 saturated carbocycles. The number of nitrogens with zero attached hydrogens (tertiary/aromatic N) is 3. The van der Waals surface area contributed by atoms with Crippen molar-refractivity contribution in [1.29, 1.82) is 0 Å². The molecular weight excluding hydrogens is 424 g/mol. The third-order valence-corrected chi connectivity index (χ3v) is 7.64. The number of carbonyl (C=O) groups is 3. The van der Waals surface area contributed by atoms with E-state index in [-0.39, 0.29) is 30.1 Å². The van der Waals surface area contributed by atoms with E-state index in [1.807, 2.05) is 11.0 Å². The smallest absolute Gasteiger partial charge is 0.238 e. The number of anilines is 1. The van der Waals surface area contributed by atoms with Crippen molar-refractivity contribution in [2.45, 2.75) is 29.4 Å². The molecule has 0 aromatic heterocycles. The van der Waals surface area contributed by atoms with Gasteiger partial charge in [0.15, 0.2) is 0 Å². The Balaban J connectivity index is 1.28.